The third-order valence-corrected chi connectivity index (χ3v) is 3.32. The lowest BCUT2D eigenvalue weighted by Gasteiger charge is -2.15. The van der Waals surface area contributed by atoms with Gasteiger partial charge in [-0.2, -0.15) is 0 Å². The van der Waals surface area contributed by atoms with Gasteiger partial charge in [0.25, 0.3) is 0 Å². The van der Waals surface area contributed by atoms with Gasteiger partial charge >= 0.3 is 0 Å². The summed E-state index contributed by atoms with van der Waals surface area (Å²) in [6.07, 6.45) is -0.955. The predicted molar refractivity (Wildman–Crippen MR) is 72.9 cm³/mol. The summed E-state index contributed by atoms with van der Waals surface area (Å²) in [7, 11) is 0. The molecule has 1 amide bonds. The van der Waals surface area contributed by atoms with Crippen molar-refractivity contribution < 1.29 is 26.7 Å². The molecular weight excluding hydrogens is 317 g/mol. The minimum absolute atomic E-state index is 0.482. The lowest BCUT2D eigenvalue weighted by Crippen LogP contribution is -2.29. The van der Waals surface area contributed by atoms with Gasteiger partial charge in [0.2, 0.25) is 11.7 Å². The molecular formula is C16H12F5NO. The van der Waals surface area contributed by atoms with Crippen molar-refractivity contribution in [2.24, 2.45) is 0 Å². The average molecular weight is 329 g/mol. The van der Waals surface area contributed by atoms with Crippen LogP contribution in [0, 0.1) is 29.1 Å². The van der Waals surface area contributed by atoms with Gasteiger partial charge in [0.15, 0.2) is 23.3 Å². The molecule has 2 aromatic rings. The molecule has 0 saturated heterocycles. The van der Waals surface area contributed by atoms with Crippen molar-refractivity contribution >= 4 is 5.91 Å². The molecule has 7 heteroatoms. The van der Waals surface area contributed by atoms with E-state index in [1.807, 2.05) is 0 Å². The molecule has 0 saturated carbocycles. The fourth-order valence-electron chi connectivity index (χ4n) is 2.08. The van der Waals surface area contributed by atoms with Crippen molar-refractivity contribution in [1.29, 1.82) is 0 Å². The SMILES string of the molecule is C[C@@H](NC(=O)Cc1c(F)c(F)c(F)c(F)c1F)c1ccccc1. The number of rotatable bonds is 4. The highest BCUT2D eigenvalue weighted by atomic mass is 19.2. The van der Waals surface area contributed by atoms with Crippen LogP contribution in [0.15, 0.2) is 30.3 Å². The predicted octanol–water partition coefficient (Wildman–Crippen LogP) is 3.80. The first-order valence-electron chi connectivity index (χ1n) is 6.67. The lowest BCUT2D eigenvalue weighted by atomic mass is 10.1. The molecule has 1 atom stereocenters. The van der Waals surface area contributed by atoms with E-state index in [0.29, 0.717) is 0 Å². The third kappa shape index (κ3) is 3.49. The Morgan fingerprint density at radius 2 is 1.39 bits per heavy atom. The third-order valence-electron chi connectivity index (χ3n) is 3.32. The number of halogens is 5. The molecule has 2 aromatic carbocycles. The maximum absolute atomic E-state index is 13.5. The molecule has 0 spiro atoms. The molecule has 0 aromatic heterocycles. The maximum atomic E-state index is 13.5. The molecule has 2 nitrogen and oxygen atoms in total. The van der Waals surface area contributed by atoms with Crippen LogP contribution in [0.1, 0.15) is 24.1 Å². The fourth-order valence-corrected chi connectivity index (χ4v) is 2.08. The highest BCUT2D eigenvalue weighted by molar-refractivity contribution is 5.79. The highest BCUT2D eigenvalue weighted by Gasteiger charge is 2.27. The van der Waals surface area contributed by atoms with E-state index >= 15 is 0 Å². The van der Waals surface area contributed by atoms with E-state index in [4.69, 9.17) is 0 Å². The van der Waals surface area contributed by atoms with E-state index in [1.54, 1.807) is 37.3 Å². The van der Waals surface area contributed by atoms with Gasteiger partial charge < -0.3 is 5.32 Å². The van der Waals surface area contributed by atoms with Crippen LogP contribution in [0.2, 0.25) is 0 Å². The Hall–Kier alpha value is -2.44. The molecule has 0 heterocycles. The van der Waals surface area contributed by atoms with Crippen LogP contribution in [-0.2, 0) is 11.2 Å². The summed E-state index contributed by atoms with van der Waals surface area (Å²) in [4.78, 5) is 11.8. The van der Waals surface area contributed by atoms with Crippen LogP contribution in [0.25, 0.3) is 0 Å². The molecule has 0 aliphatic carbocycles. The molecule has 0 unspecified atom stereocenters. The monoisotopic (exact) mass is 329 g/mol. The Labute approximate surface area is 128 Å². The molecule has 0 aliphatic rings. The summed E-state index contributed by atoms with van der Waals surface area (Å²) in [5.74, 6) is -11.2. The summed E-state index contributed by atoms with van der Waals surface area (Å²) < 4.78 is 66.2. The van der Waals surface area contributed by atoms with E-state index < -0.39 is 53.0 Å². The van der Waals surface area contributed by atoms with Crippen molar-refractivity contribution in [2.45, 2.75) is 19.4 Å². The Balaban J connectivity index is 2.18. The number of hydrogen-bond donors (Lipinski definition) is 1. The number of nitrogens with one attached hydrogen (secondary N) is 1. The Bertz CT molecular complexity index is 704. The number of carbonyl (C=O) groups is 1. The van der Waals surface area contributed by atoms with Crippen molar-refractivity contribution in [1.82, 2.24) is 5.32 Å². The summed E-state index contributed by atoms with van der Waals surface area (Å²) in [5.41, 5.74) is -0.419. The van der Waals surface area contributed by atoms with Crippen LogP contribution in [-0.4, -0.2) is 5.91 Å². The average Bonchev–Trinajstić information content (AvgIpc) is 2.56. The first-order chi connectivity index (χ1) is 10.8. The van der Waals surface area contributed by atoms with Gasteiger partial charge in [-0.15, -0.1) is 0 Å². The van der Waals surface area contributed by atoms with Crippen LogP contribution in [0.3, 0.4) is 0 Å². The van der Waals surface area contributed by atoms with E-state index in [9.17, 15) is 26.7 Å². The molecule has 1 N–H and O–H groups in total. The second-order valence-electron chi connectivity index (χ2n) is 4.93. The van der Waals surface area contributed by atoms with Gasteiger partial charge in [-0.3, -0.25) is 4.79 Å². The smallest absolute Gasteiger partial charge is 0.225 e. The number of carbonyl (C=O) groups excluding carboxylic acids is 1. The number of benzene rings is 2. The first kappa shape index (κ1) is 16.9. The molecule has 122 valence electrons. The largest absolute Gasteiger partial charge is 0.349 e. The summed E-state index contributed by atoms with van der Waals surface area (Å²) in [6, 6.07) is 8.22. The zero-order chi connectivity index (χ0) is 17.1. The second kappa shape index (κ2) is 6.76. The van der Waals surface area contributed by atoms with Crippen LogP contribution >= 0.6 is 0 Å². The zero-order valence-corrected chi connectivity index (χ0v) is 12.0. The maximum Gasteiger partial charge on any atom is 0.225 e. The topological polar surface area (TPSA) is 29.1 Å². The second-order valence-corrected chi connectivity index (χ2v) is 4.93. The molecule has 0 fully saturated rings. The van der Waals surface area contributed by atoms with Gasteiger partial charge in [-0.25, -0.2) is 22.0 Å². The molecule has 0 aliphatic heterocycles. The number of amides is 1. The van der Waals surface area contributed by atoms with Gasteiger partial charge in [0, 0.05) is 5.56 Å². The van der Waals surface area contributed by atoms with Gasteiger partial charge in [0.05, 0.1) is 12.5 Å². The van der Waals surface area contributed by atoms with E-state index in [2.05, 4.69) is 5.32 Å². The van der Waals surface area contributed by atoms with Crippen LogP contribution in [0.5, 0.6) is 0 Å². The van der Waals surface area contributed by atoms with Gasteiger partial charge in [-0.05, 0) is 12.5 Å². The van der Waals surface area contributed by atoms with E-state index in [-0.39, 0.29) is 0 Å². The Morgan fingerprint density at radius 3 is 1.91 bits per heavy atom. The van der Waals surface area contributed by atoms with E-state index in [0.717, 1.165) is 5.56 Å². The number of hydrogen-bond acceptors (Lipinski definition) is 1. The summed E-state index contributed by atoms with van der Waals surface area (Å²) in [5, 5.41) is 2.44. The van der Waals surface area contributed by atoms with E-state index in [1.165, 1.54) is 0 Å². The molecule has 23 heavy (non-hydrogen) atoms. The van der Waals surface area contributed by atoms with Crippen LogP contribution in [0.4, 0.5) is 22.0 Å². The summed E-state index contributed by atoms with van der Waals surface area (Å²) >= 11 is 0. The highest BCUT2D eigenvalue weighted by Crippen LogP contribution is 2.23. The standard InChI is InChI=1S/C16H12F5NO/c1-8(9-5-3-2-4-6-9)22-11(23)7-10-12(17)14(19)16(21)15(20)13(10)18/h2-6,8H,7H2,1H3,(H,22,23)/t8-/m1/s1. The Morgan fingerprint density at radius 1 is 0.913 bits per heavy atom. The molecule has 2 rings (SSSR count). The quantitative estimate of drug-likeness (QED) is 0.516. The lowest BCUT2D eigenvalue weighted by molar-refractivity contribution is -0.121. The Kier molecular flexibility index (Phi) is 4.98. The van der Waals surface area contributed by atoms with Crippen LogP contribution < -0.4 is 5.32 Å². The zero-order valence-electron chi connectivity index (χ0n) is 12.0. The fraction of sp³-hybridized carbons (Fsp3) is 0.188. The van der Waals surface area contributed by atoms with Gasteiger partial charge in [0.1, 0.15) is 0 Å². The van der Waals surface area contributed by atoms with Crippen molar-refractivity contribution in [3.8, 4) is 0 Å². The van der Waals surface area contributed by atoms with Gasteiger partial charge in [-0.1, -0.05) is 30.3 Å². The first-order valence-corrected chi connectivity index (χ1v) is 6.67. The van der Waals surface area contributed by atoms with Crippen molar-refractivity contribution in [2.75, 3.05) is 0 Å². The van der Waals surface area contributed by atoms with Crippen molar-refractivity contribution in [3.05, 3.63) is 70.5 Å². The summed E-state index contributed by atoms with van der Waals surface area (Å²) in [6.45, 7) is 1.63. The van der Waals surface area contributed by atoms with Crippen molar-refractivity contribution in [3.63, 3.8) is 0 Å². The molecule has 0 radical (unpaired) electrons. The minimum atomic E-state index is -2.25. The molecule has 0 bridgehead atoms. The normalized spacial score (nSPS) is 12.1. The minimum Gasteiger partial charge on any atom is -0.349 e.